The summed E-state index contributed by atoms with van der Waals surface area (Å²) >= 11 is 0. The molecule has 0 unspecified atom stereocenters. The average molecular weight is 311 g/mol. The number of aliphatic carboxylic acids is 1. The van der Waals surface area contributed by atoms with E-state index in [0.29, 0.717) is 5.56 Å². The fraction of sp³-hybridized carbons (Fsp3) is 0.467. The van der Waals surface area contributed by atoms with Crippen LogP contribution < -0.4 is 10.1 Å². The maximum absolute atomic E-state index is 13.6. The minimum atomic E-state index is -1.31. The largest absolute Gasteiger partial charge is 0.494 e. The smallest absolute Gasteiger partial charge is 0.329 e. The fourth-order valence-corrected chi connectivity index (χ4v) is 2.43. The second kappa shape index (κ2) is 6.74. The van der Waals surface area contributed by atoms with E-state index in [1.54, 1.807) is 6.07 Å². The van der Waals surface area contributed by atoms with Gasteiger partial charge in [0.25, 0.3) is 0 Å². The first-order valence-electron chi connectivity index (χ1n) is 6.91. The van der Waals surface area contributed by atoms with Crippen LogP contribution in [0.1, 0.15) is 18.4 Å². The van der Waals surface area contributed by atoms with Gasteiger partial charge in [0.2, 0.25) is 5.91 Å². The Bertz CT molecular complexity index is 569. The van der Waals surface area contributed by atoms with Crippen LogP contribution in [-0.2, 0) is 20.7 Å². The SMILES string of the molecule is COc1ccc(CC(=O)NC2(C(=O)O)CCOCC2)cc1F. The molecule has 120 valence electrons. The molecule has 1 aliphatic heterocycles. The van der Waals surface area contributed by atoms with Crippen molar-refractivity contribution in [1.29, 1.82) is 0 Å². The van der Waals surface area contributed by atoms with Crippen LogP contribution in [0, 0.1) is 5.82 Å². The summed E-state index contributed by atoms with van der Waals surface area (Å²) in [5.41, 5.74) is -0.858. The number of ether oxygens (including phenoxy) is 2. The summed E-state index contributed by atoms with van der Waals surface area (Å²) in [5.74, 6) is -2.01. The standard InChI is InChI=1S/C15H18FNO5/c1-21-12-3-2-10(8-11(12)16)9-13(18)17-15(14(19)20)4-6-22-7-5-15/h2-3,8H,4-7,9H2,1H3,(H,17,18)(H,19,20). The maximum atomic E-state index is 13.6. The molecule has 0 spiro atoms. The second-order valence-corrected chi connectivity index (χ2v) is 5.19. The van der Waals surface area contributed by atoms with E-state index in [9.17, 15) is 19.1 Å². The number of halogens is 1. The molecule has 1 aromatic carbocycles. The third-order valence-electron chi connectivity index (χ3n) is 3.72. The molecule has 7 heteroatoms. The van der Waals surface area contributed by atoms with E-state index in [-0.39, 0.29) is 38.2 Å². The van der Waals surface area contributed by atoms with Gasteiger partial charge in [-0.2, -0.15) is 0 Å². The summed E-state index contributed by atoms with van der Waals surface area (Å²) in [6.07, 6.45) is 0.326. The first-order chi connectivity index (χ1) is 10.5. The van der Waals surface area contributed by atoms with E-state index in [1.165, 1.54) is 19.2 Å². The maximum Gasteiger partial charge on any atom is 0.329 e. The quantitative estimate of drug-likeness (QED) is 0.851. The number of rotatable bonds is 5. The van der Waals surface area contributed by atoms with Crippen molar-refractivity contribution in [1.82, 2.24) is 5.32 Å². The van der Waals surface area contributed by atoms with Crippen LogP contribution in [0.4, 0.5) is 4.39 Å². The molecule has 1 saturated heterocycles. The highest BCUT2D eigenvalue weighted by atomic mass is 19.1. The lowest BCUT2D eigenvalue weighted by atomic mass is 9.90. The van der Waals surface area contributed by atoms with Crippen LogP contribution >= 0.6 is 0 Å². The van der Waals surface area contributed by atoms with Crippen molar-refractivity contribution >= 4 is 11.9 Å². The Hall–Kier alpha value is -2.15. The van der Waals surface area contributed by atoms with Crippen LogP contribution in [0.25, 0.3) is 0 Å². The van der Waals surface area contributed by atoms with Crippen LogP contribution in [0.2, 0.25) is 0 Å². The van der Waals surface area contributed by atoms with E-state index < -0.39 is 23.2 Å². The molecule has 0 saturated carbocycles. The summed E-state index contributed by atoms with van der Waals surface area (Å²) in [4.78, 5) is 23.5. The van der Waals surface area contributed by atoms with Gasteiger partial charge in [-0.25, -0.2) is 9.18 Å². The first-order valence-corrected chi connectivity index (χ1v) is 6.91. The average Bonchev–Trinajstić information content (AvgIpc) is 2.48. The number of carboxylic acid groups (broad SMARTS) is 1. The zero-order valence-electron chi connectivity index (χ0n) is 12.2. The van der Waals surface area contributed by atoms with Gasteiger partial charge in [0.15, 0.2) is 11.6 Å². The van der Waals surface area contributed by atoms with Gasteiger partial charge in [-0.15, -0.1) is 0 Å². The summed E-state index contributed by atoms with van der Waals surface area (Å²) in [5, 5.41) is 11.9. The number of nitrogens with one attached hydrogen (secondary N) is 1. The van der Waals surface area contributed by atoms with Crippen LogP contribution in [0.5, 0.6) is 5.75 Å². The Morgan fingerprint density at radius 2 is 2.09 bits per heavy atom. The lowest BCUT2D eigenvalue weighted by molar-refractivity contribution is -0.152. The number of carbonyl (C=O) groups is 2. The molecular formula is C15H18FNO5. The molecule has 2 rings (SSSR count). The summed E-state index contributed by atoms with van der Waals surface area (Å²) in [6.45, 7) is 0.563. The Labute approximate surface area is 127 Å². The van der Waals surface area contributed by atoms with Crippen molar-refractivity contribution in [3.8, 4) is 5.75 Å². The zero-order valence-corrected chi connectivity index (χ0v) is 12.2. The number of carboxylic acids is 1. The minimum Gasteiger partial charge on any atom is -0.494 e. The number of hydrogen-bond acceptors (Lipinski definition) is 4. The molecule has 0 bridgehead atoms. The van der Waals surface area contributed by atoms with E-state index >= 15 is 0 Å². The molecule has 0 aromatic heterocycles. The summed E-state index contributed by atoms with van der Waals surface area (Å²) in [6, 6.07) is 4.20. The van der Waals surface area contributed by atoms with Gasteiger partial charge in [0.05, 0.1) is 13.5 Å². The van der Waals surface area contributed by atoms with Gasteiger partial charge in [-0.05, 0) is 17.7 Å². The van der Waals surface area contributed by atoms with E-state index in [4.69, 9.17) is 9.47 Å². The Morgan fingerprint density at radius 1 is 1.41 bits per heavy atom. The molecule has 1 heterocycles. The van der Waals surface area contributed by atoms with E-state index in [1.807, 2.05) is 0 Å². The minimum absolute atomic E-state index is 0.0931. The van der Waals surface area contributed by atoms with E-state index in [0.717, 1.165) is 0 Å². The molecule has 1 fully saturated rings. The highest BCUT2D eigenvalue weighted by Gasteiger charge is 2.41. The van der Waals surface area contributed by atoms with Gasteiger partial charge in [0.1, 0.15) is 5.54 Å². The number of methoxy groups -OCH3 is 1. The highest BCUT2D eigenvalue weighted by molar-refractivity contribution is 5.88. The molecule has 0 atom stereocenters. The number of benzene rings is 1. The molecule has 1 aliphatic rings. The molecule has 1 amide bonds. The monoisotopic (exact) mass is 311 g/mol. The van der Waals surface area contributed by atoms with Crippen molar-refractivity contribution in [3.63, 3.8) is 0 Å². The van der Waals surface area contributed by atoms with Crippen molar-refractivity contribution in [3.05, 3.63) is 29.6 Å². The first kappa shape index (κ1) is 16.2. The van der Waals surface area contributed by atoms with Crippen LogP contribution in [-0.4, -0.2) is 42.8 Å². The zero-order chi connectivity index (χ0) is 16.2. The molecule has 2 N–H and O–H groups in total. The summed E-state index contributed by atoms with van der Waals surface area (Å²) < 4.78 is 23.5. The second-order valence-electron chi connectivity index (χ2n) is 5.19. The lowest BCUT2D eigenvalue weighted by Crippen LogP contribution is -2.57. The van der Waals surface area contributed by atoms with Gasteiger partial charge >= 0.3 is 5.97 Å². The van der Waals surface area contributed by atoms with Gasteiger partial charge < -0.3 is 19.9 Å². The lowest BCUT2D eigenvalue weighted by Gasteiger charge is -2.33. The molecule has 0 radical (unpaired) electrons. The Kier molecular flexibility index (Phi) is 4.97. The normalized spacial score (nSPS) is 16.8. The van der Waals surface area contributed by atoms with Crippen molar-refractivity contribution < 1.29 is 28.6 Å². The molecule has 6 nitrogen and oxygen atoms in total. The predicted molar refractivity (Wildman–Crippen MR) is 75.2 cm³/mol. The van der Waals surface area contributed by atoms with Crippen molar-refractivity contribution in [2.24, 2.45) is 0 Å². The molecular weight excluding hydrogens is 293 g/mol. The van der Waals surface area contributed by atoms with Crippen molar-refractivity contribution in [2.45, 2.75) is 24.8 Å². The molecule has 22 heavy (non-hydrogen) atoms. The van der Waals surface area contributed by atoms with Gasteiger partial charge in [-0.3, -0.25) is 4.79 Å². The fourth-order valence-electron chi connectivity index (χ4n) is 2.43. The van der Waals surface area contributed by atoms with Crippen molar-refractivity contribution in [2.75, 3.05) is 20.3 Å². The number of hydrogen-bond donors (Lipinski definition) is 2. The van der Waals surface area contributed by atoms with E-state index in [2.05, 4.69) is 5.32 Å². The summed E-state index contributed by atoms with van der Waals surface area (Å²) in [7, 11) is 1.35. The van der Waals surface area contributed by atoms with Crippen LogP contribution in [0.3, 0.4) is 0 Å². The Balaban J connectivity index is 2.05. The Morgan fingerprint density at radius 3 is 2.64 bits per heavy atom. The van der Waals surface area contributed by atoms with Gasteiger partial charge in [-0.1, -0.05) is 6.07 Å². The number of carbonyl (C=O) groups excluding carboxylic acids is 1. The predicted octanol–water partition coefficient (Wildman–Crippen LogP) is 1.13. The third-order valence-corrected chi connectivity index (χ3v) is 3.72. The van der Waals surface area contributed by atoms with Crippen LogP contribution in [0.15, 0.2) is 18.2 Å². The molecule has 1 aromatic rings. The topological polar surface area (TPSA) is 84.9 Å². The third kappa shape index (κ3) is 3.54. The highest BCUT2D eigenvalue weighted by Crippen LogP contribution is 2.22. The molecule has 0 aliphatic carbocycles. The number of amides is 1. The van der Waals surface area contributed by atoms with Gasteiger partial charge in [0, 0.05) is 26.1 Å².